The van der Waals surface area contributed by atoms with E-state index in [4.69, 9.17) is 10.5 Å². The third kappa shape index (κ3) is 6.54. The lowest BCUT2D eigenvalue weighted by atomic mass is 9.78. The number of morpholine rings is 1. The van der Waals surface area contributed by atoms with Gasteiger partial charge in [-0.05, 0) is 49.4 Å². The van der Waals surface area contributed by atoms with Gasteiger partial charge in [-0.25, -0.2) is 9.61 Å². The Morgan fingerprint density at radius 3 is 2.64 bits per heavy atom. The third-order valence-electron chi connectivity index (χ3n) is 7.99. The molecule has 39 heavy (non-hydrogen) atoms. The first-order valence-electron chi connectivity index (χ1n) is 14.0. The number of aromatic amines is 1. The maximum absolute atomic E-state index is 11.7. The van der Waals surface area contributed by atoms with Crippen molar-refractivity contribution in [3.63, 3.8) is 0 Å². The molecule has 0 bridgehead atoms. The minimum atomic E-state index is -0.440. The number of fused-ring (bicyclic) bond motifs is 2. The van der Waals surface area contributed by atoms with Crippen LogP contribution in [0.1, 0.15) is 66.6 Å². The molecule has 206 valence electrons. The molecule has 0 spiro atoms. The molecule has 3 aromatic heterocycles. The van der Waals surface area contributed by atoms with Gasteiger partial charge in [0.1, 0.15) is 0 Å². The molecule has 3 N–H and O–H groups in total. The second kappa shape index (κ2) is 12.5. The molecule has 1 saturated carbocycles. The number of aromatic nitrogens is 4. The zero-order valence-corrected chi connectivity index (χ0v) is 22.6. The second-order valence-corrected chi connectivity index (χ2v) is 10.8. The lowest BCUT2D eigenvalue weighted by Crippen LogP contribution is -2.36. The predicted molar refractivity (Wildman–Crippen MR) is 152 cm³/mol. The van der Waals surface area contributed by atoms with Gasteiger partial charge in [-0.15, -0.1) is 0 Å². The third-order valence-corrected chi connectivity index (χ3v) is 7.99. The molecule has 2 aliphatic rings. The first-order chi connectivity index (χ1) is 19.0. The SMILES string of the molecule is C[C@@H](CC1CCC1)c1n[nH]c(=O)c2ccccc12.NC(=O)c1cnn2cc(CCCN3CCOCC3)ccc12. The number of amides is 1. The number of nitrogens with zero attached hydrogens (tertiary/aromatic N) is 4. The monoisotopic (exact) mass is 530 g/mol. The highest BCUT2D eigenvalue weighted by Gasteiger charge is 2.22. The molecule has 6 rings (SSSR count). The molecule has 0 radical (unpaired) electrons. The van der Waals surface area contributed by atoms with E-state index in [1.807, 2.05) is 42.6 Å². The number of pyridine rings is 1. The Labute approximate surface area is 228 Å². The van der Waals surface area contributed by atoms with Gasteiger partial charge >= 0.3 is 0 Å². The van der Waals surface area contributed by atoms with E-state index in [9.17, 15) is 9.59 Å². The van der Waals surface area contributed by atoms with Crippen LogP contribution in [0.15, 0.2) is 53.6 Å². The lowest BCUT2D eigenvalue weighted by Gasteiger charge is -2.28. The molecule has 1 aliphatic carbocycles. The summed E-state index contributed by atoms with van der Waals surface area (Å²) in [7, 11) is 0. The van der Waals surface area contributed by atoms with Crippen LogP contribution in [0.5, 0.6) is 0 Å². The van der Waals surface area contributed by atoms with Gasteiger partial charge in [-0.1, -0.05) is 50.5 Å². The number of aryl methyl sites for hydroxylation is 1. The number of hydrogen-bond donors (Lipinski definition) is 2. The summed E-state index contributed by atoms with van der Waals surface area (Å²) in [5.41, 5.74) is 8.71. The zero-order valence-electron chi connectivity index (χ0n) is 22.6. The zero-order chi connectivity index (χ0) is 27.2. The molecule has 4 heterocycles. The van der Waals surface area contributed by atoms with Crippen LogP contribution in [-0.2, 0) is 11.2 Å². The number of nitrogens with one attached hydrogen (secondary N) is 1. The second-order valence-electron chi connectivity index (χ2n) is 10.8. The summed E-state index contributed by atoms with van der Waals surface area (Å²) in [6.07, 6.45) is 10.9. The topological polar surface area (TPSA) is 119 Å². The van der Waals surface area contributed by atoms with Crippen LogP contribution in [0.25, 0.3) is 16.3 Å². The lowest BCUT2D eigenvalue weighted by molar-refractivity contribution is 0.0374. The average molecular weight is 531 g/mol. The molecule has 1 atom stereocenters. The molecule has 9 heteroatoms. The number of carbonyl (C=O) groups excluding carboxylic acids is 1. The minimum absolute atomic E-state index is 0.0924. The molecule has 1 saturated heterocycles. The van der Waals surface area contributed by atoms with E-state index in [0.717, 1.165) is 73.6 Å². The number of carbonyl (C=O) groups is 1. The van der Waals surface area contributed by atoms with E-state index >= 15 is 0 Å². The van der Waals surface area contributed by atoms with Gasteiger partial charge in [0.2, 0.25) is 0 Å². The van der Waals surface area contributed by atoms with Crippen molar-refractivity contribution in [2.75, 3.05) is 32.8 Å². The fourth-order valence-electron chi connectivity index (χ4n) is 5.55. The van der Waals surface area contributed by atoms with Crippen LogP contribution in [0.3, 0.4) is 0 Å². The normalized spacial score (nSPS) is 16.9. The number of benzene rings is 1. The van der Waals surface area contributed by atoms with E-state index in [0.29, 0.717) is 11.5 Å². The van der Waals surface area contributed by atoms with Gasteiger partial charge in [-0.3, -0.25) is 14.5 Å². The van der Waals surface area contributed by atoms with Crippen LogP contribution in [0.2, 0.25) is 0 Å². The van der Waals surface area contributed by atoms with Crippen molar-refractivity contribution in [3.05, 3.63) is 76.0 Å². The molecule has 1 aliphatic heterocycles. The Balaban J connectivity index is 0.000000160. The van der Waals surface area contributed by atoms with Crippen molar-refractivity contribution in [2.45, 2.75) is 51.4 Å². The van der Waals surface area contributed by atoms with Gasteiger partial charge in [0.25, 0.3) is 11.5 Å². The Bertz CT molecular complexity index is 1470. The Hall–Kier alpha value is -3.56. The van der Waals surface area contributed by atoms with E-state index in [2.05, 4.69) is 27.1 Å². The number of hydrogen-bond acceptors (Lipinski definition) is 6. The largest absolute Gasteiger partial charge is 0.379 e. The summed E-state index contributed by atoms with van der Waals surface area (Å²) in [5, 5.41) is 12.9. The quantitative estimate of drug-likeness (QED) is 0.357. The summed E-state index contributed by atoms with van der Waals surface area (Å²) in [6.45, 7) is 7.04. The van der Waals surface area contributed by atoms with Crippen molar-refractivity contribution in [1.82, 2.24) is 24.7 Å². The molecule has 2 fully saturated rings. The van der Waals surface area contributed by atoms with Crippen molar-refractivity contribution in [3.8, 4) is 0 Å². The van der Waals surface area contributed by atoms with Crippen LogP contribution in [0, 0.1) is 5.92 Å². The number of nitrogens with two attached hydrogens (primary N) is 1. The smallest absolute Gasteiger partial charge is 0.272 e. The van der Waals surface area contributed by atoms with Gasteiger partial charge in [0.15, 0.2) is 0 Å². The van der Waals surface area contributed by atoms with Crippen molar-refractivity contribution in [2.24, 2.45) is 11.7 Å². The van der Waals surface area contributed by atoms with Crippen LogP contribution < -0.4 is 11.3 Å². The molecule has 0 unspecified atom stereocenters. The summed E-state index contributed by atoms with van der Waals surface area (Å²) in [4.78, 5) is 25.4. The standard InChI is InChI=1S/C15H20N4O2.C15H18N2O/c16-15(20)13-10-17-19-11-12(3-4-14(13)19)2-1-5-18-6-8-21-9-7-18;1-10(9-11-5-4-6-11)14-12-7-2-3-8-13(12)15(18)17-16-14/h3-4,10-11H,1-2,5-9H2,(H2,16,20);2-3,7-8,10-11H,4-6,9H2,1H3,(H,17,18)/t;10-/m.0/s1. The maximum atomic E-state index is 11.7. The summed E-state index contributed by atoms with van der Waals surface area (Å²) < 4.78 is 7.07. The summed E-state index contributed by atoms with van der Waals surface area (Å²) in [6, 6.07) is 11.7. The average Bonchev–Trinajstić information content (AvgIpc) is 3.36. The van der Waals surface area contributed by atoms with Crippen molar-refractivity contribution in [1.29, 1.82) is 0 Å². The molecular weight excluding hydrogens is 492 g/mol. The molecule has 4 aromatic rings. The predicted octanol–water partition coefficient (Wildman–Crippen LogP) is 3.91. The fourth-order valence-corrected chi connectivity index (χ4v) is 5.55. The van der Waals surface area contributed by atoms with E-state index < -0.39 is 5.91 Å². The van der Waals surface area contributed by atoms with Crippen molar-refractivity contribution < 1.29 is 9.53 Å². The fraction of sp³-hybridized carbons (Fsp3) is 0.467. The highest BCUT2D eigenvalue weighted by atomic mass is 16.5. The van der Waals surface area contributed by atoms with E-state index in [1.54, 1.807) is 4.52 Å². The van der Waals surface area contributed by atoms with E-state index in [1.165, 1.54) is 37.4 Å². The number of primary amides is 1. The number of ether oxygens (including phenoxy) is 1. The first kappa shape index (κ1) is 27.0. The van der Waals surface area contributed by atoms with Gasteiger partial charge < -0.3 is 10.5 Å². The Morgan fingerprint density at radius 2 is 1.92 bits per heavy atom. The number of rotatable bonds is 8. The molecule has 1 amide bonds. The minimum Gasteiger partial charge on any atom is -0.379 e. The van der Waals surface area contributed by atoms with Gasteiger partial charge in [0, 0.05) is 30.6 Å². The number of H-pyrrole nitrogens is 1. The highest BCUT2D eigenvalue weighted by Crippen LogP contribution is 2.36. The van der Waals surface area contributed by atoms with Gasteiger partial charge in [-0.2, -0.15) is 10.2 Å². The van der Waals surface area contributed by atoms with Crippen molar-refractivity contribution >= 4 is 22.2 Å². The Kier molecular flexibility index (Phi) is 8.68. The molecular formula is C30H38N6O3. The summed E-state index contributed by atoms with van der Waals surface area (Å²) in [5.74, 6) is 0.828. The first-order valence-corrected chi connectivity index (χ1v) is 14.0. The van der Waals surface area contributed by atoms with Gasteiger partial charge in [0.05, 0.1) is 41.6 Å². The molecule has 9 nitrogen and oxygen atoms in total. The molecule has 1 aromatic carbocycles. The summed E-state index contributed by atoms with van der Waals surface area (Å²) >= 11 is 0. The van der Waals surface area contributed by atoms with E-state index in [-0.39, 0.29) is 5.56 Å². The van der Waals surface area contributed by atoms with Crippen LogP contribution in [-0.4, -0.2) is 63.5 Å². The maximum Gasteiger partial charge on any atom is 0.272 e. The highest BCUT2D eigenvalue weighted by molar-refractivity contribution is 5.99. The van der Waals surface area contributed by atoms with Crippen LogP contribution >= 0.6 is 0 Å². The van der Waals surface area contributed by atoms with Crippen LogP contribution in [0.4, 0.5) is 0 Å². The Morgan fingerprint density at radius 1 is 1.15 bits per heavy atom.